The number of ether oxygens (including phenoxy) is 1. The molecule has 4 nitrogen and oxygen atoms in total. The van der Waals surface area contributed by atoms with Gasteiger partial charge in [0.25, 0.3) is 0 Å². The molecule has 0 aromatic rings. The van der Waals surface area contributed by atoms with Crippen molar-refractivity contribution < 1.29 is 4.74 Å². The van der Waals surface area contributed by atoms with E-state index in [2.05, 4.69) is 34.7 Å². The van der Waals surface area contributed by atoms with E-state index in [0.717, 1.165) is 37.5 Å². The van der Waals surface area contributed by atoms with E-state index in [9.17, 15) is 0 Å². The van der Waals surface area contributed by atoms with Gasteiger partial charge in [-0.2, -0.15) is 0 Å². The van der Waals surface area contributed by atoms with Gasteiger partial charge in [-0.3, -0.25) is 10.3 Å². The first-order chi connectivity index (χ1) is 10.3. The third-order valence-electron chi connectivity index (χ3n) is 3.93. The summed E-state index contributed by atoms with van der Waals surface area (Å²) >= 11 is 3.79. The minimum absolute atomic E-state index is 0.353. The van der Waals surface area contributed by atoms with E-state index in [1.807, 2.05) is 30.6 Å². The number of hydrogen-bond acceptors (Lipinski definition) is 6. The monoisotopic (exact) mass is 325 g/mol. The van der Waals surface area contributed by atoms with Crippen LogP contribution < -0.4 is 10.6 Å². The van der Waals surface area contributed by atoms with Crippen LogP contribution in [0.25, 0.3) is 0 Å². The Kier molecular flexibility index (Phi) is 5.32. The second-order valence-electron chi connectivity index (χ2n) is 5.50. The lowest BCUT2D eigenvalue weighted by Gasteiger charge is -2.18. The molecule has 1 saturated heterocycles. The lowest BCUT2D eigenvalue weighted by Crippen LogP contribution is -2.33. The van der Waals surface area contributed by atoms with Crippen LogP contribution in [0.15, 0.2) is 27.8 Å². The summed E-state index contributed by atoms with van der Waals surface area (Å²) in [5, 5.41) is 8.52. The van der Waals surface area contributed by atoms with E-state index < -0.39 is 0 Å². The minimum Gasteiger partial charge on any atom is -0.494 e. The van der Waals surface area contributed by atoms with Crippen molar-refractivity contribution in [2.24, 2.45) is 4.99 Å². The van der Waals surface area contributed by atoms with Crippen LogP contribution in [0.4, 0.5) is 0 Å². The summed E-state index contributed by atoms with van der Waals surface area (Å²) in [6.45, 7) is 3.92. The van der Waals surface area contributed by atoms with E-state index in [4.69, 9.17) is 4.74 Å². The maximum Gasteiger partial charge on any atom is 0.116 e. The first-order valence-corrected chi connectivity index (χ1v) is 9.44. The number of thioether (sulfide) groups is 2. The van der Waals surface area contributed by atoms with E-state index in [1.165, 1.54) is 9.95 Å². The third kappa shape index (κ3) is 3.86. The average Bonchev–Trinajstić information content (AvgIpc) is 3.15. The standard InChI is InChI=1S/C15H23N3OS2/c1-10(16-2)5-7-19-11-3-4-12-13(9-11)21-15(18-12)14-17-6-8-20-14/h3,9-10,12,15-16,18H,4-8H2,1-2H3. The average molecular weight is 326 g/mol. The van der Waals surface area contributed by atoms with Crippen molar-refractivity contribution in [2.45, 2.75) is 37.2 Å². The molecule has 0 saturated carbocycles. The molecular formula is C15H23N3OS2. The molecular weight excluding hydrogens is 302 g/mol. The van der Waals surface area contributed by atoms with Crippen molar-refractivity contribution in [3.05, 3.63) is 22.8 Å². The SMILES string of the molecule is CNC(C)CCOC1=CCC2NC(C3=NCCS3)SC2=C1. The van der Waals surface area contributed by atoms with Gasteiger partial charge in [-0.15, -0.1) is 23.5 Å². The quantitative estimate of drug-likeness (QED) is 0.785. The molecule has 1 fully saturated rings. The molecule has 6 heteroatoms. The van der Waals surface area contributed by atoms with Gasteiger partial charge in [0.05, 0.1) is 11.7 Å². The van der Waals surface area contributed by atoms with Crippen molar-refractivity contribution in [3.63, 3.8) is 0 Å². The van der Waals surface area contributed by atoms with Crippen molar-refractivity contribution >= 4 is 28.6 Å². The lowest BCUT2D eigenvalue weighted by atomic mass is 10.1. The molecule has 0 aromatic carbocycles. The first kappa shape index (κ1) is 15.5. The Morgan fingerprint density at radius 3 is 3.24 bits per heavy atom. The van der Waals surface area contributed by atoms with E-state index in [-0.39, 0.29) is 0 Å². The van der Waals surface area contributed by atoms with Crippen LogP contribution in [-0.2, 0) is 4.74 Å². The minimum atomic E-state index is 0.353. The zero-order valence-corrected chi connectivity index (χ0v) is 14.2. The smallest absolute Gasteiger partial charge is 0.116 e. The Bertz CT molecular complexity index is 476. The number of hydrogen-bond donors (Lipinski definition) is 2. The van der Waals surface area contributed by atoms with Crippen LogP contribution in [0.1, 0.15) is 19.8 Å². The molecule has 3 rings (SSSR count). The molecule has 2 N–H and O–H groups in total. The summed E-state index contributed by atoms with van der Waals surface area (Å²) in [7, 11) is 1.99. The second-order valence-corrected chi connectivity index (χ2v) is 7.80. The topological polar surface area (TPSA) is 45.6 Å². The van der Waals surface area contributed by atoms with Gasteiger partial charge >= 0.3 is 0 Å². The van der Waals surface area contributed by atoms with Crippen molar-refractivity contribution in [1.82, 2.24) is 10.6 Å². The van der Waals surface area contributed by atoms with Crippen LogP contribution in [0.2, 0.25) is 0 Å². The van der Waals surface area contributed by atoms with Crippen LogP contribution in [0, 0.1) is 0 Å². The van der Waals surface area contributed by atoms with Crippen molar-refractivity contribution in [3.8, 4) is 0 Å². The first-order valence-electron chi connectivity index (χ1n) is 7.58. The summed E-state index contributed by atoms with van der Waals surface area (Å²) < 4.78 is 5.89. The van der Waals surface area contributed by atoms with Crippen LogP contribution in [0.5, 0.6) is 0 Å². The number of nitrogens with one attached hydrogen (secondary N) is 2. The van der Waals surface area contributed by atoms with Gasteiger partial charge in [-0.05, 0) is 39.0 Å². The molecule has 116 valence electrons. The summed E-state index contributed by atoms with van der Waals surface area (Å²) in [5.41, 5.74) is 0. The van der Waals surface area contributed by atoms with Gasteiger partial charge < -0.3 is 10.1 Å². The fourth-order valence-corrected chi connectivity index (χ4v) is 4.83. The largest absolute Gasteiger partial charge is 0.494 e. The normalized spacial score (nSPS) is 29.5. The zero-order valence-electron chi connectivity index (χ0n) is 12.6. The van der Waals surface area contributed by atoms with Gasteiger partial charge in [-0.1, -0.05) is 0 Å². The molecule has 3 aliphatic rings. The van der Waals surface area contributed by atoms with E-state index in [0.29, 0.717) is 17.5 Å². The molecule has 2 aliphatic heterocycles. The Hall–Kier alpha value is -0.430. The summed E-state index contributed by atoms with van der Waals surface area (Å²) in [6.07, 6.45) is 6.46. The molecule has 0 bridgehead atoms. The van der Waals surface area contributed by atoms with E-state index >= 15 is 0 Å². The van der Waals surface area contributed by atoms with Gasteiger partial charge in [0.1, 0.15) is 11.1 Å². The molecule has 3 atom stereocenters. The number of nitrogens with zero attached hydrogens (tertiary/aromatic N) is 1. The highest BCUT2D eigenvalue weighted by Crippen LogP contribution is 2.39. The second kappa shape index (κ2) is 7.22. The number of allylic oxidation sites excluding steroid dienone is 1. The molecule has 2 heterocycles. The Balaban J connectivity index is 1.52. The predicted octanol–water partition coefficient (Wildman–Crippen LogP) is 2.35. The Morgan fingerprint density at radius 2 is 2.48 bits per heavy atom. The highest BCUT2D eigenvalue weighted by atomic mass is 32.2. The Labute approximate surface area is 135 Å². The highest BCUT2D eigenvalue weighted by Gasteiger charge is 2.34. The van der Waals surface area contributed by atoms with Crippen LogP contribution in [-0.4, -0.2) is 48.5 Å². The summed E-state index contributed by atoms with van der Waals surface area (Å²) in [5.74, 6) is 2.16. The molecule has 3 unspecified atom stereocenters. The fourth-order valence-electron chi connectivity index (χ4n) is 2.50. The fraction of sp³-hybridized carbons (Fsp3) is 0.667. The van der Waals surface area contributed by atoms with Gasteiger partial charge in [0, 0.05) is 29.3 Å². The lowest BCUT2D eigenvalue weighted by molar-refractivity contribution is 0.207. The predicted molar refractivity (Wildman–Crippen MR) is 92.9 cm³/mol. The summed E-state index contributed by atoms with van der Waals surface area (Å²) in [4.78, 5) is 5.98. The van der Waals surface area contributed by atoms with Crippen LogP contribution in [0.3, 0.4) is 0 Å². The molecule has 0 radical (unpaired) electrons. The van der Waals surface area contributed by atoms with Gasteiger partial charge in [-0.25, -0.2) is 0 Å². The maximum absolute atomic E-state index is 5.89. The molecule has 21 heavy (non-hydrogen) atoms. The van der Waals surface area contributed by atoms with E-state index in [1.54, 1.807) is 0 Å². The maximum atomic E-state index is 5.89. The summed E-state index contributed by atoms with van der Waals surface area (Å²) in [6, 6.07) is 0.950. The van der Waals surface area contributed by atoms with Crippen molar-refractivity contribution in [2.75, 3.05) is 26.0 Å². The number of fused-ring (bicyclic) bond motifs is 1. The molecule has 0 aromatic heterocycles. The Morgan fingerprint density at radius 1 is 1.57 bits per heavy atom. The highest BCUT2D eigenvalue weighted by molar-refractivity contribution is 8.17. The molecule has 1 aliphatic carbocycles. The third-order valence-corrected chi connectivity index (χ3v) is 6.40. The molecule has 0 spiro atoms. The molecule has 0 amide bonds. The zero-order chi connectivity index (χ0) is 14.7. The van der Waals surface area contributed by atoms with Gasteiger partial charge in [0.15, 0.2) is 0 Å². The number of rotatable bonds is 6. The van der Waals surface area contributed by atoms with Crippen molar-refractivity contribution in [1.29, 1.82) is 0 Å². The van der Waals surface area contributed by atoms with Gasteiger partial charge in [0.2, 0.25) is 0 Å². The van der Waals surface area contributed by atoms with Crippen LogP contribution >= 0.6 is 23.5 Å². The number of aliphatic imine (C=N–C) groups is 1.